The smallest absolute Gasteiger partial charge is 0.329 e. The molecule has 25 heavy (non-hydrogen) atoms. The number of anilines is 1. The summed E-state index contributed by atoms with van der Waals surface area (Å²) in [5.41, 5.74) is 4.29. The Balaban J connectivity index is 2.31. The number of carbonyl (C=O) groups is 1. The number of Topliss-reactive ketones (excluding diaryl/α,β-unsaturated/α-hetero) is 1. The molecule has 1 aromatic carbocycles. The number of hydrogen-bond acceptors (Lipinski definition) is 5. The summed E-state index contributed by atoms with van der Waals surface area (Å²) in [7, 11) is 0. The lowest BCUT2D eigenvalue weighted by molar-refractivity contribution is 0.102. The number of nitrogens with zero attached hydrogens (tertiary/aromatic N) is 1. The van der Waals surface area contributed by atoms with Gasteiger partial charge in [0, 0.05) is 16.5 Å². The molecule has 0 bridgehead atoms. The Labute approximate surface area is 158 Å². The average molecular weight is 402 g/mol. The van der Waals surface area contributed by atoms with E-state index in [0.717, 1.165) is 11.8 Å². The highest BCUT2D eigenvalue weighted by Crippen LogP contribution is 2.30. The van der Waals surface area contributed by atoms with Gasteiger partial charge in [-0.05, 0) is 24.1 Å². The van der Waals surface area contributed by atoms with E-state index < -0.39 is 17.0 Å². The molecule has 0 unspecified atom stereocenters. The van der Waals surface area contributed by atoms with Gasteiger partial charge in [0.05, 0.1) is 10.8 Å². The first-order valence-corrected chi connectivity index (χ1v) is 9.18. The summed E-state index contributed by atoms with van der Waals surface area (Å²) < 4.78 is 1.20. The first-order chi connectivity index (χ1) is 11.7. The number of H-pyrrole nitrogens is 1. The van der Waals surface area contributed by atoms with Gasteiger partial charge in [-0.25, -0.2) is 4.79 Å². The second kappa shape index (κ2) is 8.12. The van der Waals surface area contributed by atoms with E-state index in [1.165, 1.54) is 4.57 Å². The number of nitrogen functional groups attached to an aromatic ring is 1. The number of ketones is 1. The van der Waals surface area contributed by atoms with Crippen LogP contribution in [0.1, 0.15) is 24.2 Å². The number of halogens is 2. The molecule has 6 nitrogen and oxygen atoms in total. The third kappa shape index (κ3) is 4.68. The number of rotatable bonds is 6. The lowest BCUT2D eigenvalue weighted by atomic mass is 10.2. The van der Waals surface area contributed by atoms with Gasteiger partial charge >= 0.3 is 5.69 Å². The molecule has 0 amide bonds. The highest BCUT2D eigenvalue weighted by atomic mass is 35.5. The van der Waals surface area contributed by atoms with Crippen LogP contribution < -0.4 is 17.0 Å². The van der Waals surface area contributed by atoms with Gasteiger partial charge in [0.1, 0.15) is 11.4 Å². The van der Waals surface area contributed by atoms with Crippen LogP contribution in [-0.4, -0.2) is 21.1 Å². The Morgan fingerprint density at radius 3 is 2.64 bits per heavy atom. The largest absolute Gasteiger partial charge is 0.384 e. The SMILES string of the molecule is CC(C)Cn1c(N)c(C(=O)CSc2cc(Cl)ccc2Cl)c(=O)[nH]c1=O. The molecule has 0 aliphatic rings. The van der Waals surface area contributed by atoms with Crippen molar-refractivity contribution in [3.8, 4) is 0 Å². The summed E-state index contributed by atoms with van der Waals surface area (Å²) in [4.78, 5) is 39.2. The molecule has 3 N–H and O–H groups in total. The standard InChI is InChI=1S/C16H17Cl2N3O3S/c1-8(2)6-21-14(19)13(15(23)20-16(21)24)11(22)7-25-12-5-9(17)3-4-10(12)18/h3-5,8H,6-7,19H2,1-2H3,(H,20,23,24). The van der Waals surface area contributed by atoms with Crippen LogP contribution in [0.4, 0.5) is 5.82 Å². The van der Waals surface area contributed by atoms with Crippen LogP contribution in [0, 0.1) is 5.92 Å². The molecule has 134 valence electrons. The van der Waals surface area contributed by atoms with E-state index in [-0.39, 0.29) is 23.1 Å². The predicted octanol–water partition coefficient (Wildman–Crippen LogP) is 3.06. The molecular weight excluding hydrogens is 385 g/mol. The Bertz CT molecular complexity index is 922. The minimum Gasteiger partial charge on any atom is -0.384 e. The van der Waals surface area contributed by atoms with E-state index in [0.29, 0.717) is 21.5 Å². The molecule has 0 fully saturated rings. The molecule has 2 aromatic rings. The maximum atomic E-state index is 12.5. The molecule has 0 atom stereocenters. The van der Waals surface area contributed by atoms with Crippen molar-refractivity contribution < 1.29 is 4.79 Å². The van der Waals surface area contributed by atoms with Crippen molar-refractivity contribution in [2.24, 2.45) is 5.92 Å². The molecule has 0 aliphatic heterocycles. The fourth-order valence-corrected chi connectivity index (χ4v) is 3.57. The highest BCUT2D eigenvalue weighted by molar-refractivity contribution is 8.00. The molecule has 0 saturated carbocycles. The van der Waals surface area contributed by atoms with Gasteiger partial charge in [-0.1, -0.05) is 37.0 Å². The minimum absolute atomic E-state index is 0.0623. The van der Waals surface area contributed by atoms with E-state index in [4.69, 9.17) is 28.9 Å². The maximum absolute atomic E-state index is 12.5. The van der Waals surface area contributed by atoms with Crippen molar-refractivity contribution in [3.63, 3.8) is 0 Å². The molecule has 1 heterocycles. The monoisotopic (exact) mass is 401 g/mol. The van der Waals surface area contributed by atoms with Gasteiger partial charge in [-0.15, -0.1) is 11.8 Å². The van der Waals surface area contributed by atoms with E-state index in [2.05, 4.69) is 4.98 Å². The quantitative estimate of drug-likeness (QED) is 0.572. The lowest BCUT2D eigenvalue weighted by Crippen LogP contribution is -2.37. The number of hydrogen-bond donors (Lipinski definition) is 2. The molecule has 1 aromatic heterocycles. The summed E-state index contributed by atoms with van der Waals surface area (Å²) in [6.45, 7) is 4.10. The molecule has 0 aliphatic carbocycles. The van der Waals surface area contributed by atoms with Crippen molar-refractivity contribution in [1.29, 1.82) is 0 Å². The normalized spacial score (nSPS) is 11.1. The second-order valence-electron chi connectivity index (χ2n) is 5.81. The molecule has 0 saturated heterocycles. The van der Waals surface area contributed by atoms with Gasteiger partial charge < -0.3 is 5.73 Å². The van der Waals surface area contributed by atoms with Crippen LogP contribution in [0.25, 0.3) is 0 Å². The van der Waals surface area contributed by atoms with Gasteiger partial charge in [-0.3, -0.25) is 19.1 Å². The number of aromatic nitrogens is 2. The van der Waals surface area contributed by atoms with Gasteiger partial charge in [-0.2, -0.15) is 0 Å². The molecule has 0 spiro atoms. The van der Waals surface area contributed by atoms with E-state index >= 15 is 0 Å². The number of carbonyl (C=O) groups excluding carboxylic acids is 1. The van der Waals surface area contributed by atoms with Crippen molar-refractivity contribution in [2.45, 2.75) is 25.3 Å². The Kier molecular flexibility index (Phi) is 6.37. The first kappa shape index (κ1) is 19.6. The summed E-state index contributed by atoms with van der Waals surface area (Å²) in [5, 5.41) is 0.941. The molecular formula is C16H17Cl2N3O3S. The summed E-state index contributed by atoms with van der Waals surface area (Å²) >= 11 is 13.1. The third-order valence-electron chi connectivity index (χ3n) is 3.32. The van der Waals surface area contributed by atoms with Crippen LogP contribution in [-0.2, 0) is 6.54 Å². The van der Waals surface area contributed by atoms with Crippen molar-refractivity contribution in [1.82, 2.24) is 9.55 Å². The van der Waals surface area contributed by atoms with E-state index in [9.17, 15) is 14.4 Å². The summed E-state index contributed by atoms with van der Waals surface area (Å²) in [6.07, 6.45) is 0. The zero-order valence-electron chi connectivity index (χ0n) is 13.6. The number of thioether (sulfide) groups is 1. The van der Waals surface area contributed by atoms with Gasteiger partial charge in [0.15, 0.2) is 5.78 Å². The summed E-state index contributed by atoms with van der Waals surface area (Å²) in [6, 6.07) is 4.90. The fraction of sp³-hybridized carbons (Fsp3) is 0.312. The topological polar surface area (TPSA) is 97.9 Å². The maximum Gasteiger partial charge on any atom is 0.329 e. The third-order valence-corrected chi connectivity index (χ3v) is 5.05. The summed E-state index contributed by atoms with van der Waals surface area (Å²) in [5.74, 6) is -0.552. The van der Waals surface area contributed by atoms with Crippen LogP contribution >= 0.6 is 35.0 Å². The van der Waals surface area contributed by atoms with Crippen molar-refractivity contribution >= 4 is 46.6 Å². The highest BCUT2D eigenvalue weighted by Gasteiger charge is 2.20. The first-order valence-electron chi connectivity index (χ1n) is 7.44. The van der Waals surface area contributed by atoms with Crippen LogP contribution in [0.3, 0.4) is 0 Å². The van der Waals surface area contributed by atoms with E-state index in [1.54, 1.807) is 18.2 Å². The van der Waals surface area contributed by atoms with Gasteiger partial charge in [0.2, 0.25) is 0 Å². The van der Waals surface area contributed by atoms with Crippen molar-refractivity contribution in [2.75, 3.05) is 11.5 Å². The molecule has 9 heteroatoms. The average Bonchev–Trinajstić information content (AvgIpc) is 2.52. The van der Waals surface area contributed by atoms with Crippen LogP contribution in [0.15, 0.2) is 32.7 Å². The Hall–Kier alpha value is -1.70. The van der Waals surface area contributed by atoms with E-state index in [1.807, 2.05) is 13.8 Å². The Morgan fingerprint density at radius 1 is 1.32 bits per heavy atom. The number of benzene rings is 1. The minimum atomic E-state index is -0.787. The second-order valence-corrected chi connectivity index (χ2v) is 7.67. The Morgan fingerprint density at radius 2 is 2.00 bits per heavy atom. The fourth-order valence-electron chi connectivity index (χ4n) is 2.21. The van der Waals surface area contributed by atoms with Crippen molar-refractivity contribution in [3.05, 3.63) is 54.6 Å². The van der Waals surface area contributed by atoms with Crippen LogP contribution in [0.5, 0.6) is 0 Å². The zero-order valence-corrected chi connectivity index (χ0v) is 16.0. The molecule has 0 radical (unpaired) electrons. The van der Waals surface area contributed by atoms with Gasteiger partial charge in [0.25, 0.3) is 5.56 Å². The number of aromatic amines is 1. The predicted molar refractivity (Wildman–Crippen MR) is 102 cm³/mol. The number of nitrogens with two attached hydrogens (primary N) is 1. The molecule has 2 rings (SSSR count). The number of nitrogens with one attached hydrogen (secondary N) is 1. The zero-order chi connectivity index (χ0) is 18.7. The van der Waals surface area contributed by atoms with Crippen LogP contribution in [0.2, 0.25) is 10.0 Å². The lowest BCUT2D eigenvalue weighted by Gasteiger charge is -2.13.